The van der Waals surface area contributed by atoms with Gasteiger partial charge in [0.1, 0.15) is 0 Å². The van der Waals surface area contributed by atoms with Gasteiger partial charge in [-0.05, 0) is 39.0 Å². The average molecular weight is 372 g/mol. The summed E-state index contributed by atoms with van der Waals surface area (Å²) < 4.78 is 9.34. The first kappa shape index (κ1) is 20.8. The van der Waals surface area contributed by atoms with E-state index in [2.05, 4.69) is 4.74 Å². The van der Waals surface area contributed by atoms with Crippen LogP contribution in [-0.4, -0.2) is 41.5 Å². The van der Waals surface area contributed by atoms with Crippen molar-refractivity contribution in [3.05, 3.63) is 0 Å². The fraction of sp³-hybridized carbons (Fsp3) is 0.833. The largest absolute Gasteiger partial charge is 0.516 e. The Balaban J connectivity index is 2.27. The third kappa shape index (κ3) is 4.07. The summed E-state index contributed by atoms with van der Waals surface area (Å²) in [6.07, 6.45) is 1.75. The summed E-state index contributed by atoms with van der Waals surface area (Å²) in [5, 5.41) is 10.2. The van der Waals surface area contributed by atoms with Crippen molar-refractivity contribution in [1.82, 2.24) is 0 Å². The van der Waals surface area contributed by atoms with Crippen molar-refractivity contribution in [2.75, 3.05) is 6.61 Å². The highest BCUT2D eigenvalue weighted by molar-refractivity contribution is 5.84. The minimum atomic E-state index is -1.51. The molecule has 148 valence electrons. The molecule has 8 heteroatoms. The predicted molar refractivity (Wildman–Crippen MR) is 88.5 cm³/mol. The number of hydrogen-bond acceptors (Lipinski definition) is 8. The second-order valence-corrected chi connectivity index (χ2v) is 7.51. The second kappa shape index (κ2) is 8.02. The number of ether oxygens (including phenoxy) is 2. The molecule has 26 heavy (non-hydrogen) atoms. The number of esters is 1. The Bertz CT molecular complexity index is 545. The molecule has 0 aromatic rings. The lowest BCUT2D eigenvalue weighted by Crippen LogP contribution is -2.56. The van der Waals surface area contributed by atoms with Gasteiger partial charge >= 0.3 is 12.1 Å². The van der Waals surface area contributed by atoms with E-state index in [1.807, 2.05) is 6.92 Å². The summed E-state index contributed by atoms with van der Waals surface area (Å²) in [6, 6.07) is 0. The minimum absolute atomic E-state index is 0.0911. The van der Waals surface area contributed by atoms with E-state index in [-0.39, 0.29) is 18.4 Å². The van der Waals surface area contributed by atoms with Gasteiger partial charge in [-0.25, -0.2) is 14.6 Å². The molecule has 2 fully saturated rings. The van der Waals surface area contributed by atoms with Gasteiger partial charge in [0, 0.05) is 18.3 Å². The molecule has 1 saturated heterocycles. The molecule has 1 saturated carbocycles. The molecule has 0 radical (unpaired) electrons. The van der Waals surface area contributed by atoms with Gasteiger partial charge in [0.15, 0.2) is 17.7 Å². The number of rotatable bonds is 4. The van der Waals surface area contributed by atoms with Crippen LogP contribution in [0.3, 0.4) is 0 Å². The number of aldehydes is 1. The molecular weight excluding hydrogens is 344 g/mol. The average Bonchev–Trinajstić information content (AvgIpc) is 2.72. The lowest BCUT2D eigenvalue weighted by atomic mass is 9.60. The zero-order valence-electron chi connectivity index (χ0n) is 15.7. The molecular formula is C18H28O8. The summed E-state index contributed by atoms with van der Waals surface area (Å²) in [5.41, 5.74) is -1.38. The highest BCUT2D eigenvalue weighted by atomic mass is 17.2. The smallest absolute Gasteiger partial charge is 0.434 e. The summed E-state index contributed by atoms with van der Waals surface area (Å²) in [5.74, 6) is -3.68. The first-order chi connectivity index (χ1) is 12.2. The van der Waals surface area contributed by atoms with Crippen molar-refractivity contribution in [1.29, 1.82) is 0 Å². The van der Waals surface area contributed by atoms with Crippen LogP contribution in [0.2, 0.25) is 0 Å². The van der Waals surface area contributed by atoms with Gasteiger partial charge in [-0.15, -0.1) is 0 Å². The van der Waals surface area contributed by atoms with Crippen molar-refractivity contribution in [2.45, 2.75) is 64.8 Å². The summed E-state index contributed by atoms with van der Waals surface area (Å²) in [4.78, 5) is 46.7. The zero-order chi connectivity index (χ0) is 19.5. The summed E-state index contributed by atoms with van der Waals surface area (Å²) >= 11 is 0. The highest BCUT2D eigenvalue weighted by Gasteiger charge is 2.58. The van der Waals surface area contributed by atoms with E-state index in [0.717, 1.165) is 6.42 Å². The van der Waals surface area contributed by atoms with Crippen molar-refractivity contribution in [3.63, 3.8) is 0 Å². The monoisotopic (exact) mass is 372 g/mol. The van der Waals surface area contributed by atoms with Crippen LogP contribution in [0.5, 0.6) is 0 Å². The van der Waals surface area contributed by atoms with E-state index in [1.165, 1.54) is 6.92 Å². The highest BCUT2D eigenvalue weighted by Crippen LogP contribution is 2.51. The molecule has 1 unspecified atom stereocenters. The molecule has 6 atom stereocenters. The molecule has 1 N–H and O–H groups in total. The Morgan fingerprint density at radius 2 is 2.00 bits per heavy atom. The Morgan fingerprint density at radius 3 is 2.62 bits per heavy atom. The van der Waals surface area contributed by atoms with Gasteiger partial charge in [0.05, 0.1) is 12.5 Å². The minimum Gasteiger partial charge on any atom is -0.434 e. The quantitative estimate of drug-likeness (QED) is 0.347. The maximum atomic E-state index is 12.4. The lowest BCUT2D eigenvalue weighted by Gasteiger charge is -2.47. The summed E-state index contributed by atoms with van der Waals surface area (Å²) in [6.45, 7) is 6.78. The van der Waals surface area contributed by atoms with E-state index in [9.17, 15) is 19.5 Å². The fourth-order valence-corrected chi connectivity index (χ4v) is 4.17. The van der Waals surface area contributed by atoms with E-state index in [4.69, 9.17) is 14.5 Å². The number of fused-ring (bicyclic) bond motifs is 1. The Kier molecular flexibility index (Phi) is 6.42. The normalized spacial score (nSPS) is 38.4. The molecule has 0 aromatic heterocycles. The summed E-state index contributed by atoms with van der Waals surface area (Å²) in [7, 11) is 0. The number of carbonyl (C=O) groups excluding carboxylic acids is 3. The first-order valence-electron chi connectivity index (χ1n) is 9.10. The van der Waals surface area contributed by atoms with Gasteiger partial charge in [-0.2, -0.15) is 0 Å². The standard InChI is InChI=1S/C18H28O8/c1-5-23-16(21)24-15(20)12(3)14-7-6-11(2)13-8-9-17(4,22)25-26-18(13,14)10-19/h10-14,22H,5-9H2,1-4H3/t11-,12-,13+,14+,17?,18-/m1/s1. The SMILES string of the molecule is CCOC(=O)OC(=O)[C@H](C)[C@@H]1CC[C@@H](C)[C@@H]2CCC(C)(O)OO[C@]21C=O. The molecule has 0 bridgehead atoms. The van der Waals surface area contributed by atoms with Crippen LogP contribution in [0.4, 0.5) is 4.79 Å². The maximum Gasteiger partial charge on any atom is 0.516 e. The van der Waals surface area contributed by atoms with Gasteiger partial charge in [-0.3, -0.25) is 9.59 Å². The molecule has 0 aromatic carbocycles. The van der Waals surface area contributed by atoms with Crippen molar-refractivity contribution in [2.24, 2.45) is 23.7 Å². The van der Waals surface area contributed by atoms with Crippen LogP contribution in [-0.2, 0) is 28.8 Å². The third-order valence-corrected chi connectivity index (χ3v) is 5.67. The molecule has 0 spiro atoms. The topological polar surface area (TPSA) is 108 Å². The lowest BCUT2D eigenvalue weighted by molar-refractivity contribution is -0.451. The van der Waals surface area contributed by atoms with Crippen LogP contribution in [0, 0.1) is 23.7 Å². The van der Waals surface area contributed by atoms with Gasteiger partial charge in [0.25, 0.3) is 0 Å². The van der Waals surface area contributed by atoms with Crippen LogP contribution >= 0.6 is 0 Å². The Hall–Kier alpha value is -1.51. The molecule has 2 aliphatic rings. The maximum absolute atomic E-state index is 12.4. The van der Waals surface area contributed by atoms with Crippen molar-refractivity contribution in [3.8, 4) is 0 Å². The van der Waals surface area contributed by atoms with E-state index in [1.54, 1.807) is 13.8 Å². The molecule has 0 amide bonds. The number of hydrogen-bond donors (Lipinski definition) is 1. The number of carbonyl (C=O) groups is 3. The van der Waals surface area contributed by atoms with E-state index in [0.29, 0.717) is 25.5 Å². The zero-order valence-corrected chi connectivity index (χ0v) is 15.7. The van der Waals surface area contributed by atoms with Crippen molar-refractivity contribution >= 4 is 18.4 Å². The molecule has 1 heterocycles. The van der Waals surface area contributed by atoms with Crippen LogP contribution in [0.1, 0.15) is 53.4 Å². The predicted octanol–water partition coefficient (Wildman–Crippen LogP) is 2.37. The Labute approximate surface area is 153 Å². The third-order valence-electron chi connectivity index (χ3n) is 5.67. The van der Waals surface area contributed by atoms with Crippen LogP contribution in [0.15, 0.2) is 0 Å². The van der Waals surface area contributed by atoms with Gasteiger partial charge in [-0.1, -0.05) is 13.8 Å². The second-order valence-electron chi connectivity index (χ2n) is 7.51. The van der Waals surface area contributed by atoms with Gasteiger partial charge in [0.2, 0.25) is 0 Å². The molecule has 1 aliphatic heterocycles. The number of aliphatic hydroxyl groups is 1. The van der Waals surface area contributed by atoms with Crippen molar-refractivity contribution < 1.29 is 38.7 Å². The van der Waals surface area contributed by atoms with E-state index >= 15 is 0 Å². The fourth-order valence-electron chi connectivity index (χ4n) is 4.17. The molecule has 8 nitrogen and oxygen atoms in total. The van der Waals surface area contributed by atoms with Crippen LogP contribution in [0.25, 0.3) is 0 Å². The van der Waals surface area contributed by atoms with Crippen LogP contribution < -0.4 is 0 Å². The Morgan fingerprint density at radius 1 is 1.31 bits per heavy atom. The molecule has 2 rings (SSSR count). The molecule has 1 aliphatic carbocycles. The van der Waals surface area contributed by atoms with E-state index < -0.39 is 35.3 Å². The first-order valence-corrected chi connectivity index (χ1v) is 9.10. The van der Waals surface area contributed by atoms with Gasteiger partial charge < -0.3 is 14.6 Å².